The highest BCUT2D eigenvalue weighted by Gasteiger charge is 2.14. The number of ether oxygens (including phenoxy) is 1. The highest BCUT2D eigenvalue weighted by Crippen LogP contribution is 2.26. The Kier molecular flexibility index (Phi) is 5.73. The molecule has 0 bridgehead atoms. The van der Waals surface area contributed by atoms with Crippen LogP contribution in [0, 0.1) is 10.1 Å². The molecule has 0 saturated heterocycles. The van der Waals surface area contributed by atoms with Crippen molar-refractivity contribution in [2.45, 2.75) is 0 Å². The molecular formula is C15H10Cl2N2O5. The fraction of sp³-hybridized carbons (Fsp3) is 0.0667. The molecule has 0 radical (unpaired) electrons. The normalized spacial score (nSPS) is 10.1. The van der Waals surface area contributed by atoms with Crippen molar-refractivity contribution in [3.8, 4) is 0 Å². The Balaban J connectivity index is 1.94. The second-order valence-electron chi connectivity index (χ2n) is 4.56. The van der Waals surface area contributed by atoms with Crippen LogP contribution in [0.15, 0.2) is 42.5 Å². The van der Waals surface area contributed by atoms with Crippen LogP contribution in [0.4, 0.5) is 11.4 Å². The number of rotatable bonds is 5. The molecule has 7 nitrogen and oxygen atoms in total. The van der Waals surface area contributed by atoms with Gasteiger partial charge in [0.05, 0.1) is 21.2 Å². The second-order valence-corrected chi connectivity index (χ2v) is 5.40. The summed E-state index contributed by atoms with van der Waals surface area (Å²) in [4.78, 5) is 33.6. The third-order valence-corrected chi connectivity index (χ3v) is 3.38. The number of halogens is 2. The summed E-state index contributed by atoms with van der Waals surface area (Å²) in [6.07, 6.45) is 0. The predicted octanol–water partition coefficient (Wildman–Crippen LogP) is 3.70. The molecule has 0 aliphatic heterocycles. The summed E-state index contributed by atoms with van der Waals surface area (Å²) in [6, 6.07) is 9.68. The minimum atomic E-state index is -0.706. The topological polar surface area (TPSA) is 98.5 Å². The number of non-ortho nitro benzene ring substituents is 1. The molecule has 0 heterocycles. The standard InChI is InChI=1S/C15H10Cl2N2O5/c16-10-3-1-2-9(6-10)15(21)24-8-14(20)18-13-5-4-11(19(22)23)7-12(13)17/h1-7H,8H2,(H,18,20). The molecule has 0 fully saturated rings. The number of anilines is 1. The number of hydrogen-bond donors (Lipinski definition) is 1. The molecule has 2 aromatic carbocycles. The van der Waals surface area contributed by atoms with Gasteiger partial charge in [-0.05, 0) is 24.3 Å². The first kappa shape index (κ1) is 17.7. The second kappa shape index (κ2) is 7.76. The zero-order valence-corrected chi connectivity index (χ0v) is 13.5. The number of nitro groups is 1. The van der Waals surface area contributed by atoms with Gasteiger partial charge in [-0.25, -0.2) is 4.79 Å². The van der Waals surface area contributed by atoms with Gasteiger partial charge in [-0.3, -0.25) is 14.9 Å². The van der Waals surface area contributed by atoms with E-state index >= 15 is 0 Å². The number of nitrogens with one attached hydrogen (secondary N) is 1. The van der Waals surface area contributed by atoms with E-state index in [1.165, 1.54) is 24.3 Å². The maximum atomic E-state index is 11.8. The Morgan fingerprint density at radius 2 is 1.92 bits per heavy atom. The van der Waals surface area contributed by atoms with Crippen molar-refractivity contribution in [3.63, 3.8) is 0 Å². The minimum Gasteiger partial charge on any atom is -0.452 e. The van der Waals surface area contributed by atoms with Crippen molar-refractivity contribution in [1.29, 1.82) is 0 Å². The van der Waals surface area contributed by atoms with Gasteiger partial charge >= 0.3 is 5.97 Å². The van der Waals surface area contributed by atoms with Crippen LogP contribution < -0.4 is 5.32 Å². The quantitative estimate of drug-likeness (QED) is 0.492. The van der Waals surface area contributed by atoms with Gasteiger partial charge < -0.3 is 10.1 Å². The van der Waals surface area contributed by atoms with E-state index in [1.54, 1.807) is 12.1 Å². The van der Waals surface area contributed by atoms with E-state index in [0.717, 1.165) is 6.07 Å². The van der Waals surface area contributed by atoms with E-state index in [1.807, 2.05) is 0 Å². The lowest BCUT2D eigenvalue weighted by molar-refractivity contribution is -0.384. The third-order valence-electron chi connectivity index (χ3n) is 2.83. The maximum absolute atomic E-state index is 11.8. The van der Waals surface area contributed by atoms with E-state index in [9.17, 15) is 19.7 Å². The van der Waals surface area contributed by atoms with Crippen LogP contribution in [-0.2, 0) is 9.53 Å². The van der Waals surface area contributed by atoms with E-state index < -0.39 is 23.4 Å². The first-order valence-electron chi connectivity index (χ1n) is 6.53. The highest BCUT2D eigenvalue weighted by atomic mass is 35.5. The number of nitrogens with zero attached hydrogens (tertiary/aromatic N) is 1. The van der Waals surface area contributed by atoms with Crippen molar-refractivity contribution in [2.75, 3.05) is 11.9 Å². The van der Waals surface area contributed by atoms with E-state index in [2.05, 4.69) is 5.32 Å². The van der Waals surface area contributed by atoms with Crippen LogP contribution in [0.3, 0.4) is 0 Å². The Morgan fingerprint density at radius 3 is 2.54 bits per heavy atom. The number of nitro benzene ring substituents is 1. The van der Waals surface area contributed by atoms with Gasteiger partial charge in [0.25, 0.3) is 11.6 Å². The number of benzene rings is 2. The molecule has 24 heavy (non-hydrogen) atoms. The summed E-state index contributed by atoms with van der Waals surface area (Å²) in [6.45, 7) is -0.543. The first-order valence-corrected chi connectivity index (χ1v) is 7.29. The van der Waals surface area contributed by atoms with E-state index in [4.69, 9.17) is 27.9 Å². The fourth-order valence-corrected chi connectivity index (χ4v) is 2.15. The molecule has 2 rings (SSSR count). The SMILES string of the molecule is O=C(COC(=O)c1cccc(Cl)c1)Nc1ccc([N+](=O)[O-])cc1Cl. The molecule has 1 N–H and O–H groups in total. The first-order chi connectivity index (χ1) is 11.4. The van der Waals surface area contributed by atoms with Crippen molar-refractivity contribution in [1.82, 2.24) is 0 Å². The van der Waals surface area contributed by atoms with Crippen LogP contribution >= 0.6 is 23.2 Å². The maximum Gasteiger partial charge on any atom is 0.338 e. The van der Waals surface area contributed by atoms with Gasteiger partial charge in [-0.1, -0.05) is 29.3 Å². The Bertz CT molecular complexity index is 810. The summed E-state index contributed by atoms with van der Waals surface area (Å²) >= 11 is 11.6. The zero-order valence-electron chi connectivity index (χ0n) is 12.0. The molecule has 9 heteroatoms. The number of carbonyl (C=O) groups is 2. The molecule has 0 spiro atoms. The Hall–Kier alpha value is -2.64. The largest absolute Gasteiger partial charge is 0.452 e. The van der Waals surface area contributed by atoms with E-state index in [-0.39, 0.29) is 22.0 Å². The zero-order chi connectivity index (χ0) is 17.7. The highest BCUT2D eigenvalue weighted by molar-refractivity contribution is 6.34. The van der Waals surface area contributed by atoms with Crippen molar-refractivity contribution >= 4 is 46.5 Å². The third kappa shape index (κ3) is 4.68. The van der Waals surface area contributed by atoms with Crippen molar-refractivity contribution in [3.05, 3.63) is 68.2 Å². The van der Waals surface area contributed by atoms with Gasteiger partial charge in [0.2, 0.25) is 0 Å². The van der Waals surface area contributed by atoms with Crippen LogP contribution in [0.1, 0.15) is 10.4 Å². The molecule has 124 valence electrons. The molecule has 2 aromatic rings. The van der Waals surface area contributed by atoms with Crippen LogP contribution in [0.5, 0.6) is 0 Å². The summed E-state index contributed by atoms with van der Waals surface area (Å²) in [5.41, 5.74) is 0.181. The van der Waals surface area contributed by atoms with Crippen molar-refractivity contribution in [2.24, 2.45) is 0 Å². The lowest BCUT2D eigenvalue weighted by atomic mass is 10.2. The van der Waals surface area contributed by atoms with Gasteiger partial charge in [-0.15, -0.1) is 0 Å². The molecule has 0 unspecified atom stereocenters. The van der Waals surface area contributed by atoms with Crippen LogP contribution in [-0.4, -0.2) is 23.4 Å². The lowest BCUT2D eigenvalue weighted by Gasteiger charge is -2.08. The predicted molar refractivity (Wildman–Crippen MR) is 88.5 cm³/mol. The van der Waals surface area contributed by atoms with Crippen molar-refractivity contribution < 1.29 is 19.2 Å². The summed E-state index contributed by atoms with van der Waals surface area (Å²) in [5, 5.41) is 13.4. The molecule has 0 aliphatic rings. The Labute approximate surface area is 146 Å². The smallest absolute Gasteiger partial charge is 0.338 e. The lowest BCUT2D eigenvalue weighted by Crippen LogP contribution is -2.21. The van der Waals surface area contributed by atoms with Gasteiger partial charge in [-0.2, -0.15) is 0 Å². The molecule has 0 aliphatic carbocycles. The minimum absolute atomic E-state index is 0.00119. The Morgan fingerprint density at radius 1 is 1.17 bits per heavy atom. The fourth-order valence-electron chi connectivity index (χ4n) is 1.74. The molecule has 0 atom stereocenters. The number of esters is 1. The molecule has 1 amide bonds. The van der Waals surface area contributed by atoms with Crippen LogP contribution in [0.2, 0.25) is 10.0 Å². The van der Waals surface area contributed by atoms with Gasteiger partial charge in [0, 0.05) is 17.2 Å². The average molecular weight is 369 g/mol. The number of amides is 1. The summed E-state index contributed by atoms with van der Waals surface area (Å²) in [5.74, 6) is -1.34. The number of carbonyl (C=O) groups excluding carboxylic acids is 2. The monoisotopic (exact) mass is 368 g/mol. The molecule has 0 aromatic heterocycles. The van der Waals surface area contributed by atoms with E-state index in [0.29, 0.717) is 5.02 Å². The molecular weight excluding hydrogens is 359 g/mol. The van der Waals surface area contributed by atoms with Gasteiger partial charge in [0.15, 0.2) is 6.61 Å². The van der Waals surface area contributed by atoms with Gasteiger partial charge in [0.1, 0.15) is 0 Å². The number of hydrogen-bond acceptors (Lipinski definition) is 5. The molecule has 0 saturated carbocycles. The summed E-state index contributed by atoms with van der Waals surface area (Å²) < 4.78 is 4.86. The average Bonchev–Trinajstić information content (AvgIpc) is 2.54. The van der Waals surface area contributed by atoms with Crippen LogP contribution in [0.25, 0.3) is 0 Å². The summed E-state index contributed by atoms with van der Waals surface area (Å²) in [7, 11) is 0.